The van der Waals surface area contributed by atoms with Crippen molar-refractivity contribution in [2.24, 2.45) is 0 Å². The molecular weight excluding hydrogens is 345 g/mol. The van der Waals surface area contributed by atoms with Crippen molar-refractivity contribution < 1.29 is 4.79 Å². The monoisotopic (exact) mass is 361 g/mol. The number of benzene rings is 1. The van der Waals surface area contributed by atoms with E-state index < -0.39 is 0 Å². The van der Waals surface area contributed by atoms with Crippen LogP contribution in [0.25, 0.3) is 0 Å². The van der Waals surface area contributed by atoms with Crippen molar-refractivity contribution in [3.63, 3.8) is 0 Å². The lowest BCUT2D eigenvalue weighted by Gasteiger charge is -2.39. The highest BCUT2D eigenvalue weighted by atomic mass is 35.5. The van der Waals surface area contributed by atoms with Gasteiger partial charge in [0.25, 0.3) is 5.91 Å². The van der Waals surface area contributed by atoms with E-state index in [1.165, 1.54) is 11.3 Å². The minimum atomic E-state index is 0.0198. The van der Waals surface area contributed by atoms with Gasteiger partial charge in [-0.2, -0.15) is 0 Å². The fraction of sp³-hybridized carbons (Fsp3) is 0.333. The molecule has 0 radical (unpaired) electrons. The zero-order valence-electron chi connectivity index (χ0n) is 13.1. The number of nitrogens with one attached hydrogen (secondary N) is 1. The van der Waals surface area contributed by atoms with E-state index in [0.29, 0.717) is 10.7 Å². The Kier molecular flexibility index (Phi) is 3.89. The SMILES string of the molecule is O=C(c1ccnc(Cl)c1)N1CCC2(CC1)CNc1ccc(Cl)cc12. The number of hydrogen-bond donors (Lipinski definition) is 1. The standard InChI is InChI=1S/C18H17Cl2N3O/c19-13-1-2-15-14(10-13)18(11-22-15)4-7-23(8-5-18)17(24)12-3-6-21-16(20)9-12/h1-3,6,9-10,22H,4-5,7-8,11H2. The predicted molar refractivity (Wildman–Crippen MR) is 96.0 cm³/mol. The minimum Gasteiger partial charge on any atom is -0.384 e. The first-order chi connectivity index (χ1) is 11.6. The Morgan fingerprint density at radius 2 is 1.96 bits per heavy atom. The van der Waals surface area contributed by atoms with E-state index in [9.17, 15) is 4.79 Å². The van der Waals surface area contributed by atoms with E-state index >= 15 is 0 Å². The van der Waals surface area contributed by atoms with E-state index in [-0.39, 0.29) is 11.3 Å². The molecule has 0 saturated carbocycles. The molecule has 24 heavy (non-hydrogen) atoms. The molecule has 4 rings (SSSR count). The number of fused-ring (bicyclic) bond motifs is 2. The maximum absolute atomic E-state index is 12.7. The summed E-state index contributed by atoms with van der Waals surface area (Å²) in [6.07, 6.45) is 3.43. The Morgan fingerprint density at radius 3 is 2.71 bits per heavy atom. The summed E-state index contributed by atoms with van der Waals surface area (Å²) in [6.45, 7) is 2.37. The van der Waals surface area contributed by atoms with Crippen LogP contribution in [0.1, 0.15) is 28.8 Å². The van der Waals surface area contributed by atoms with Crippen LogP contribution in [0.15, 0.2) is 36.5 Å². The molecule has 2 aromatic rings. The minimum absolute atomic E-state index is 0.0198. The second-order valence-electron chi connectivity index (χ2n) is 6.48. The Bertz CT molecular complexity index is 801. The molecule has 6 heteroatoms. The number of likely N-dealkylation sites (tertiary alicyclic amines) is 1. The number of nitrogens with zero attached hydrogens (tertiary/aromatic N) is 2. The van der Waals surface area contributed by atoms with Crippen LogP contribution in [0.3, 0.4) is 0 Å². The van der Waals surface area contributed by atoms with Crippen LogP contribution in [-0.4, -0.2) is 35.4 Å². The van der Waals surface area contributed by atoms with Crippen molar-refractivity contribution in [2.45, 2.75) is 18.3 Å². The Hall–Kier alpha value is -1.78. The Labute approximate surface area is 150 Å². The van der Waals surface area contributed by atoms with Gasteiger partial charge in [0.15, 0.2) is 0 Å². The van der Waals surface area contributed by atoms with Gasteiger partial charge in [0, 0.05) is 47.5 Å². The van der Waals surface area contributed by atoms with Crippen LogP contribution in [-0.2, 0) is 5.41 Å². The molecule has 1 amide bonds. The third kappa shape index (κ3) is 2.64. The van der Waals surface area contributed by atoms with E-state index in [2.05, 4.69) is 16.4 Å². The van der Waals surface area contributed by atoms with Gasteiger partial charge in [0.1, 0.15) is 5.15 Å². The third-order valence-electron chi connectivity index (χ3n) is 5.15. The third-order valence-corrected chi connectivity index (χ3v) is 5.59. The highest BCUT2D eigenvalue weighted by Gasteiger charge is 2.42. The number of aromatic nitrogens is 1. The average Bonchev–Trinajstić information content (AvgIpc) is 2.93. The van der Waals surface area contributed by atoms with Crippen LogP contribution in [0, 0.1) is 0 Å². The summed E-state index contributed by atoms with van der Waals surface area (Å²) < 4.78 is 0. The van der Waals surface area contributed by atoms with Crippen LogP contribution in [0.2, 0.25) is 10.2 Å². The number of amides is 1. The molecule has 4 nitrogen and oxygen atoms in total. The van der Waals surface area contributed by atoms with Crippen LogP contribution in [0.5, 0.6) is 0 Å². The molecule has 1 N–H and O–H groups in total. The molecule has 0 aliphatic carbocycles. The number of carbonyl (C=O) groups excluding carboxylic acids is 1. The van der Waals surface area contributed by atoms with Gasteiger partial charge >= 0.3 is 0 Å². The summed E-state index contributed by atoms with van der Waals surface area (Å²) in [6, 6.07) is 9.36. The van der Waals surface area contributed by atoms with Crippen molar-refractivity contribution in [2.75, 3.05) is 25.0 Å². The summed E-state index contributed by atoms with van der Waals surface area (Å²) in [5.74, 6) is 0.0198. The van der Waals surface area contributed by atoms with E-state index in [4.69, 9.17) is 23.2 Å². The van der Waals surface area contributed by atoms with Crippen molar-refractivity contribution in [1.29, 1.82) is 0 Å². The molecular formula is C18H17Cl2N3O. The zero-order valence-corrected chi connectivity index (χ0v) is 14.6. The second kappa shape index (κ2) is 5.94. The molecule has 1 saturated heterocycles. The van der Waals surface area contributed by atoms with Crippen molar-refractivity contribution in [3.05, 3.63) is 57.8 Å². The zero-order chi connectivity index (χ0) is 16.7. The molecule has 2 aliphatic heterocycles. The summed E-state index contributed by atoms with van der Waals surface area (Å²) in [5.41, 5.74) is 3.13. The molecule has 1 aromatic carbocycles. The van der Waals surface area contributed by atoms with Crippen molar-refractivity contribution in [3.8, 4) is 0 Å². The fourth-order valence-corrected chi connectivity index (χ4v) is 4.12. The lowest BCUT2D eigenvalue weighted by atomic mass is 9.74. The van der Waals surface area contributed by atoms with E-state index in [1.807, 2.05) is 17.0 Å². The first-order valence-corrected chi connectivity index (χ1v) is 8.78. The molecule has 0 unspecified atom stereocenters. The molecule has 1 spiro atoms. The Balaban J connectivity index is 1.52. The smallest absolute Gasteiger partial charge is 0.254 e. The lowest BCUT2D eigenvalue weighted by Crippen LogP contribution is -2.46. The van der Waals surface area contributed by atoms with Crippen LogP contribution in [0.4, 0.5) is 5.69 Å². The number of halogens is 2. The predicted octanol–water partition coefficient (Wildman–Crippen LogP) is 3.99. The number of anilines is 1. The van der Waals surface area contributed by atoms with Gasteiger partial charge in [-0.25, -0.2) is 4.98 Å². The molecule has 1 aromatic heterocycles. The van der Waals surface area contributed by atoms with Gasteiger partial charge < -0.3 is 10.2 Å². The lowest BCUT2D eigenvalue weighted by molar-refractivity contribution is 0.0676. The van der Waals surface area contributed by atoms with Gasteiger partial charge in [-0.15, -0.1) is 0 Å². The topological polar surface area (TPSA) is 45.2 Å². The van der Waals surface area contributed by atoms with Crippen molar-refractivity contribution >= 4 is 34.8 Å². The highest BCUT2D eigenvalue weighted by Crippen LogP contribution is 2.45. The second-order valence-corrected chi connectivity index (χ2v) is 7.31. The number of carbonyl (C=O) groups is 1. The first kappa shape index (κ1) is 15.7. The van der Waals surface area contributed by atoms with Crippen molar-refractivity contribution in [1.82, 2.24) is 9.88 Å². The molecule has 124 valence electrons. The van der Waals surface area contributed by atoms with Crippen LogP contribution < -0.4 is 5.32 Å². The van der Waals surface area contributed by atoms with Gasteiger partial charge in [-0.05, 0) is 48.7 Å². The summed E-state index contributed by atoms with van der Waals surface area (Å²) in [4.78, 5) is 18.5. The Morgan fingerprint density at radius 1 is 1.17 bits per heavy atom. The molecule has 0 bridgehead atoms. The quantitative estimate of drug-likeness (QED) is 0.781. The number of hydrogen-bond acceptors (Lipinski definition) is 3. The first-order valence-electron chi connectivity index (χ1n) is 8.02. The van der Waals surface area contributed by atoms with Gasteiger partial charge in [-0.1, -0.05) is 23.2 Å². The van der Waals surface area contributed by atoms with Gasteiger partial charge in [-0.3, -0.25) is 4.79 Å². The summed E-state index contributed by atoms with van der Waals surface area (Å²) >= 11 is 12.1. The fourth-order valence-electron chi connectivity index (χ4n) is 3.77. The highest BCUT2D eigenvalue weighted by molar-refractivity contribution is 6.30. The van der Waals surface area contributed by atoms with E-state index in [1.54, 1.807) is 18.3 Å². The largest absolute Gasteiger partial charge is 0.384 e. The summed E-state index contributed by atoms with van der Waals surface area (Å²) in [7, 11) is 0. The molecule has 1 fully saturated rings. The number of piperidine rings is 1. The van der Waals surface area contributed by atoms with E-state index in [0.717, 1.165) is 37.5 Å². The molecule has 2 aliphatic rings. The normalized spacial score (nSPS) is 18.3. The van der Waals surface area contributed by atoms with Crippen LogP contribution >= 0.6 is 23.2 Å². The number of pyridine rings is 1. The number of rotatable bonds is 1. The maximum Gasteiger partial charge on any atom is 0.254 e. The summed E-state index contributed by atoms with van der Waals surface area (Å²) in [5, 5.41) is 4.59. The van der Waals surface area contributed by atoms with Gasteiger partial charge in [0.2, 0.25) is 0 Å². The average molecular weight is 362 g/mol. The maximum atomic E-state index is 12.7. The molecule has 3 heterocycles. The molecule has 0 atom stereocenters. The van der Waals surface area contributed by atoms with Gasteiger partial charge in [0.05, 0.1) is 0 Å².